The summed E-state index contributed by atoms with van der Waals surface area (Å²) in [6, 6.07) is 0. The molecule has 0 aliphatic carbocycles. The summed E-state index contributed by atoms with van der Waals surface area (Å²) in [5, 5.41) is 0. The van der Waals surface area contributed by atoms with Crippen molar-refractivity contribution in [3.8, 4) is 0 Å². The van der Waals surface area contributed by atoms with Crippen molar-refractivity contribution >= 4 is 0 Å². The van der Waals surface area contributed by atoms with Crippen molar-refractivity contribution < 1.29 is 166 Å². The average molecular weight is 809 g/mol. The van der Waals surface area contributed by atoms with Crippen LogP contribution in [0.5, 0.6) is 0 Å². The Morgan fingerprint density at radius 2 is 0.286 bits per heavy atom. The van der Waals surface area contributed by atoms with E-state index in [1.54, 1.807) is 0 Å². The van der Waals surface area contributed by atoms with E-state index in [-0.39, 0.29) is 166 Å². The molecule has 0 aromatic rings. The molecule has 0 heterocycles. The fourth-order valence-corrected chi connectivity index (χ4v) is 0. The van der Waals surface area contributed by atoms with Gasteiger partial charge in [-0.25, -0.2) is 0 Å². The molecule has 0 nitrogen and oxygen atoms in total. The summed E-state index contributed by atoms with van der Waals surface area (Å²) in [5.74, 6) is 0. The van der Waals surface area contributed by atoms with E-state index in [1.165, 1.54) is 0 Å². The summed E-state index contributed by atoms with van der Waals surface area (Å²) in [6.07, 6.45) is 0. The standard InChI is InChI=1S/6HI.Ti/h6*1H;/p-6. The average Bonchev–Trinajstić information content (AvgIpc) is 0. The van der Waals surface area contributed by atoms with Crippen LogP contribution in [0.2, 0.25) is 0 Å². The molecule has 7 heteroatoms. The van der Waals surface area contributed by atoms with Crippen LogP contribution >= 0.6 is 0 Å². The predicted molar refractivity (Wildman–Crippen MR) is 0 cm³/mol. The summed E-state index contributed by atoms with van der Waals surface area (Å²) >= 11 is 0. The van der Waals surface area contributed by atoms with Crippen LogP contribution in [-0.2, 0) is 21.7 Å². The molecule has 0 spiro atoms. The molecule has 0 saturated heterocycles. The second-order valence-electron chi connectivity index (χ2n) is 0. The second kappa shape index (κ2) is 43.6. The topological polar surface area (TPSA) is 0 Å². The van der Waals surface area contributed by atoms with Crippen LogP contribution in [0.1, 0.15) is 0 Å². The summed E-state index contributed by atoms with van der Waals surface area (Å²) < 4.78 is 0. The smallest absolute Gasteiger partial charge is 0 e. The molecule has 52 valence electrons. The SMILES string of the molecule is [I-].[I-].[I-].[I-].[I-].[I-].[Ti]. The normalized spacial score (nSPS) is 0. The van der Waals surface area contributed by atoms with E-state index in [0.717, 1.165) is 0 Å². The van der Waals surface area contributed by atoms with Crippen LogP contribution in [0.4, 0.5) is 0 Å². The molecule has 0 aromatic carbocycles. The molecule has 0 atom stereocenters. The van der Waals surface area contributed by atoms with E-state index in [0.29, 0.717) is 0 Å². The third kappa shape index (κ3) is 35.4. The van der Waals surface area contributed by atoms with Gasteiger partial charge in [-0.1, -0.05) is 0 Å². The maximum absolute atomic E-state index is 0. The van der Waals surface area contributed by atoms with Gasteiger partial charge >= 0.3 is 0 Å². The van der Waals surface area contributed by atoms with E-state index >= 15 is 0 Å². The van der Waals surface area contributed by atoms with Crippen molar-refractivity contribution in [1.82, 2.24) is 0 Å². The van der Waals surface area contributed by atoms with Gasteiger partial charge in [0.25, 0.3) is 0 Å². The Bertz CT molecular complexity index is 4.14. The maximum Gasteiger partial charge on any atom is 0 e. The Hall–Kier alpha value is 5.09. The molecule has 0 bridgehead atoms. The summed E-state index contributed by atoms with van der Waals surface area (Å²) in [4.78, 5) is 0. The number of rotatable bonds is 0. The molecule has 0 radical (unpaired) electrons. The van der Waals surface area contributed by atoms with E-state index < -0.39 is 0 Å². The van der Waals surface area contributed by atoms with Gasteiger partial charge in [0.1, 0.15) is 0 Å². The molecule has 0 saturated carbocycles. The minimum Gasteiger partial charge on any atom is -1.00 e. The molecule has 0 rings (SSSR count). The molecule has 0 aliphatic heterocycles. The van der Waals surface area contributed by atoms with Crippen molar-refractivity contribution in [3.63, 3.8) is 0 Å². The van der Waals surface area contributed by atoms with Crippen molar-refractivity contribution in [1.29, 1.82) is 0 Å². The number of halogens is 6. The second-order valence-corrected chi connectivity index (χ2v) is 0. The largest absolute Gasteiger partial charge is 1.00 e. The van der Waals surface area contributed by atoms with Crippen molar-refractivity contribution in [3.05, 3.63) is 0 Å². The first-order valence-corrected chi connectivity index (χ1v) is 0. The molecule has 0 fully saturated rings. The third-order valence-corrected chi connectivity index (χ3v) is 0. The zero-order valence-corrected chi connectivity index (χ0v) is 17.3. The predicted octanol–water partition coefficient (Wildman–Crippen LogP) is -18.0. The van der Waals surface area contributed by atoms with Crippen molar-refractivity contribution in [2.24, 2.45) is 0 Å². The van der Waals surface area contributed by atoms with Gasteiger partial charge in [-0.05, 0) is 0 Å². The van der Waals surface area contributed by atoms with Gasteiger partial charge in [0.2, 0.25) is 0 Å². The van der Waals surface area contributed by atoms with E-state index in [4.69, 9.17) is 0 Å². The van der Waals surface area contributed by atoms with Crippen LogP contribution in [0.3, 0.4) is 0 Å². The van der Waals surface area contributed by atoms with Crippen LogP contribution in [0, 0.1) is 0 Å². The fourth-order valence-electron chi connectivity index (χ4n) is 0. The Balaban J connectivity index is 0. The molecule has 0 N–H and O–H groups in total. The van der Waals surface area contributed by atoms with Crippen molar-refractivity contribution in [2.45, 2.75) is 0 Å². The molecule has 0 aliphatic rings. The van der Waals surface area contributed by atoms with Gasteiger partial charge in [-0.3, -0.25) is 0 Å². The summed E-state index contributed by atoms with van der Waals surface area (Å²) in [6.45, 7) is 0. The first kappa shape index (κ1) is 57.4. The first-order chi connectivity index (χ1) is 0. The minimum absolute atomic E-state index is 0. The van der Waals surface area contributed by atoms with Crippen LogP contribution in [-0.4, -0.2) is 0 Å². The first-order valence-electron chi connectivity index (χ1n) is 0. The third-order valence-electron chi connectivity index (χ3n) is 0. The van der Waals surface area contributed by atoms with Gasteiger partial charge in [-0.2, -0.15) is 0 Å². The Morgan fingerprint density at radius 1 is 0.286 bits per heavy atom. The van der Waals surface area contributed by atoms with E-state index in [1.807, 2.05) is 0 Å². The molecule has 0 unspecified atom stereocenters. The van der Waals surface area contributed by atoms with E-state index in [2.05, 4.69) is 0 Å². The Labute approximate surface area is 161 Å². The van der Waals surface area contributed by atoms with Gasteiger partial charge < -0.3 is 144 Å². The molecular weight excluding hydrogens is 809 g/mol. The molecule has 0 aromatic heterocycles. The number of hydrogen-bond acceptors (Lipinski definition) is 0. The van der Waals surface area contributed by atoms with Gasteiger partial charge in [0.05, 0.1) is 0 Å². The van der Waals surface area contributed by atoms with Gasteiger partial charge in [-0.15, -0.1) is 0 Å². The van der Waals surface area contributed by atoms with Crippen LogP contribution in [0.15, 0.2) is 0 Å². The van der Waals surface area contributed by atoms with Gasteiger partial charge in [0, 0.05) is 21.7 Å². The summed E-state index contributed by atoms with van der Waals surface area (Å²) in [5.41, 5.74) is 0. The van der Waals surface area contributed by atoms with Crippen LogP contribution in [0.25, 0.3) is 0 Å². The number of hydrogen-bond donors (Lipinski definition) is 0. The van der Waals surface area contributed by atoms with Crippen molar-refractivity contribution in [2.75, 3.05) is 0 Å². The zero-order chi connectivity index (χ0) is 0. The molecule has 7 heavy (non-hydrogen) atoms. The maximum atomic E-state index is 0. The Kier molecular flexibility index (Phi) is 357. The zero-order valence-electron chi connectivity index (χ0n) is 2.77. The van der Waals surface area contributed by atoms with Crippen LogP contribution < -0.4 is 144 Å². The Morgan fingerprint density at radius 3 is 0.286 bits per heavy atom. The quantitative estimate of drug-likeness (QED) is 0.169. The van der Waals surface area contributed by atoms with E-state index in [9.17, 15) is 0 Å². The minimum atomic E-state index is 0. The molecular formula is I6Ti-6. The van der Waals surface area contributed by atoms with Gasteiger partial charge in [0.15, 0.2) is 0 Å². The monoisotopic (exact) mass is 809 g/mol. The molecule has 0 amide bonds. The fraction of sp³-hybridized carbons (Fsp3) is 0. The summed E-state index contributed by atoms with van der Waals surface area (Å²) in [7, 11) is 0.